The minimum atomic E-state index is -1.57. The second-order valence-corrected chi connectivity index (χ2v) is 13.8. The number of carbonyl (C=O) groups excluding carboxylic acids is 1. The molecule has 0 saturated carbocycles. The van der Waals surface area contributed by atoms with Gasteiger partial charge in [0.1, 0.15) is 0 Å². The van der Waals surface area contributed by atoms with Crippen molar-refractivity contribution < 1.29 is 55.6 Å². The predicted octanol–water partition coefficient (Wildman–Crippen LogP) is -1.45. The van der Waals surface area contributed by atoms with E-state index in [1.165, 1.54) is 0 Å². The molecule has 278 valence electrons. The number of aromatic nitrogens is 3. The summed E-state index contributed by atoms with van der Waals surface area (Å²) < 4.78 is 6.18. The van der Waals surface area contributed by atoms with Gasteiger partial charge in [0, 0.05) is 65.2 Å². The highest BCUT2D eigenvalue weighted by atomic mass is 79.9. The summed E-state index contributed by atoms with van der Waals surface area (Å²) >= 11 is 0. The van der Waals surface area contributed by atoms with E-state index in [0.29, 0.717) is 49.1 Å². The highest BCUT2D eigenvalue weighted by molar-refractivity contribution is 6.59. The number of nitrogens with one attached hydrogen (secondary N) is 1. The first-order valence-electron chi connectivity index (χ1n) is 18.0. The molecule has 3 aromatic carbocycles. The average molecular weight is 799 g/mol. The lowest BCUT2D eigenvalue weighted by molar-refractivity contribution is -0.689. The van der Waals surface area contributed by atoms with Crippen LogP contribution in [0.4, 0.5) is 0 Å². The van der Waals surface area contributed by atoms with Crippen molar-refractivity contribution in [1.29, 1.82) is 0 Å². The molecule has 55 heavy (non-hydrogen) atoms. The van der Waals surface area contributed by atoms with Gasteiger partial charge in [-0.3, -0.25) is 4.79 Å². The number of carbonyl (C=O) groups is 1. The van der Waals surface area contributed by atoms with Crippen LogP contribution in [-0.4, -0.2) is 46.8 Å². The zero-order valence-corrected chi connectivity index (χ0v) is 32.4. The second kappa shape index (κ2) is 19.4. The normalized spacial score (nSPS) is 10.7. The van der Waals surface area contributed by atoms with Crippen LogP contribution < -0.4 is 46.9 Å². The van der Waals surface area contributed by atoms with Gasteiger partial charge in [-0.2, -0.15) is 0 Å². The monoisotopic (exact) mass is 798 g/mol. The third-order valence-corrected chi connectivity index (χ3v) is 9.25. The molecule has 3 heterocycles. The molecular weight excluding hydrogens is 754 g/mol. The van der Waals surface area contributed by atoms with E-state index in [4.69, 9.17) is 0 Å². The topological polar surface area (TPSA) is 122 Å². The Balaban J connectivity index is 0.00000580. The van der Waals surface area contributed by atoms with Crippen LogP contribution in [-0.2, 0) is 37.3 Å². The van der Waals surface area contributed by atoms with E-state index in [1.54, 1.807) is 6.92 Å². The highest BCUT2D eigenvalue weighted by Gasteiger charge is 2.18. The maximum Gasteiger partial charge on any atom is 0.488 e. The Morgan fingerprint density at radius 1 is 0.582 bits per heavy atom. The van der Waals surface area contributed by atoms with Gasteiger partial charge in [0.05, 0.1) is 0 Å². The van der Waals surface area contributed by atoms with Crippen molar-refractivity contribution >= 4 is 31.1 Å². The molecule has 0 radical (unpaired) electrons. The van der Waals surface area contributed by atoms with Crippen molar-refractivity contribution in [2.45, 2.75) is 39.4 Å². The summed E-state index contributed by atoms with van der Waals surface area (Å²) in [5, 5.41) is 42.8. The molecule has 5 N–H and O–H groups in total. The van der Waals surface area contributed by atoms with E-state index in [0.717, 1.165) is 50.9 Å². The first kappa shape index (κ1) is 40.9. The Kier molecular flexibility index (Phi) is 14.4. The number of hydrogen-bond donors (Lipinski definition) is 5. The summed E-state index contributed by atoms with van der Waals surface area (Å²) in [5.41, 5.74) is 9.67. The number of nitrogens with zero attached hydrogens (tertiary/aromatic N) is 3. The fourth-order valence-corrected chi connectivity index (χ4v) is 6.47. The zero-order valence-electron chi connectivity index (χ0n) is 30.8. The van der Waals surface area contributed by atoms with Crippen molar-refractivity contribution in [3.63, 3.8) is 0 Å². The Morgan fingerprint density at radius 2 is 1.00 bits per heavy atom. The van der Waals surface area contributed by atoms with Gasteiger partial charge in [-0.15, -0.1) is 0 Å². The minimum absolute atomic E-state index is 0. The number of pyridine rings is 3. The third-order valence-electron chi connectivity index (χ3n) is 9.25. The van der Waals surface area contributed by atoms with E-state index in [1.807, 2.05) is 84.2 Å². The summed E-state index contributed by atoms with van der Waals surface area (Å²) in [4.78, 5) is 11.7. The molecule has 0 aliphatic heterocycles. The van der Waals surface area contributed by atoms with Gasteiger partial charge >= 0.3 is 14.2 Å². The SMILES string of the molecule is C=C(C)C(=O)NCCc1ccc(Cc2cc(C[n+]3ccc(-c4cc[n+](Cc5cc(C[n+]6ccccc6)cc(B(O)O)c5)cc4)cc3)cc(B(O)O)c2)cc1.[Br-]. The highest BCUT2D eigenvalue weighted by Crippen LogP contribution is 2.17. The Labute approximate surface area is 333 Å². The van der Waals surface area contributed by atoms with Crippen LogP contribution >= 0.6 is 0 Å². The van der Waals surface area contributed by atoms with Crippen LogP contribution in [0.15, 0.2) is 152 Å². The largest absolute Gasteiger partial charge is 1.00 e. The fourth-order valence-electron chi connectivity index (χ4n) is 6.47. The van der Waals surface area contributed by atoms with Gasteiger partial charge < -0.3 is 42.4 Å². The molecule has 3 aromatic heterocycles. The molecule has 6 rings (SSSR count). The lowest BCUT2D eigenvalue weighted by atomic mass is 9.78. The number of halogens is 1. The van der Waals surface area contributed by atoms with Crippen LogP contribution in [0.1, 0.15) is 40.3 Å². The fraction of sp³-hybridized carbons (Fsp3) is 0.163. The molecule has 6 aromatic rings. The maximum atomic E-state index is 11.7. The molecule has 0 atom stereocenters. The first-order chi connectivity index (χ1) is 26.1. The second-order valence-electron chi connectivity index (χ2n) is 13.8. The maximum absolute atomic E-state index is 11.7. The quantitative estimate of drug-likeness (QED) is 0.0496. The molecule has 0 aliphatic carbocycles. The number of hydrogen-bond acceptors (Lipinski definition) is 5. The van der Waals surface area contributed by atoms with E-state index in [2.05, 4.69) is 81.7 Å². The molecular formula is C43H45B2BrN4O5+2. The van der Waals surface area contributed by atoms with Gasteiger partial charge in [0.15, 0.2) is 56.8 Å². The smallest absolute Gasteiger partial charge is 0.488 e. The van der Waals surface area contributed by atoms with E-state index in [9.17, 15) is 24.9 Å². The molecule has 0 saturated heterocycles. The van der Waals surface area contributed by atoms with Crippen LogP contribution in [0.25, 0.3) is 11.1 Å². The minimum Gasteiger partial charge on any atom is -1.00 e. The van der Waals surface area contributed by atoms with Crippen molar-refractivity contribution in [1.82, 2.24) is 5.32 Å². The van der Waals surface area contributed by atoms with Gasteiger partial charge in [-0.1, -0.05) is 61.2 Å². The molecule has 0 fully saturated rings. The van der Waals surface area contributed by atoms with Crippen LogP contribution in [0.5, 0.6) is 0 Å². The summed E-state index contributed by atoms with van der Waals surface area (Å²) in [6.45, 7) is 7.66. The summed E-state index contributed by atoms with van der Waals surface area (Å²) in [6, 6.07) is 33.9. The number of benzene rings is 3. The molecule has 0 spiro atoms. The summed E-state index contributed by atoms with van der Waals surface area (Å²) in [6.07, 6.45) is 13.4. The lowest BCUT2D eigenvalue weighted by Crippen LogP contribution is -3.00. The van der Waals surface area contributed by atoms with E-state index < -0.39 is 14.2 Å². The molecule has 12 heteroatoms. The van der Waals surface area contributed by atoms with Crippen molar-refractivity contribution in [3.8, 4) is 11.1 Å². The van der Waals surface area contributed by atoms with E-state index >= 15 is 0 Å². The van der Waals surface area contributed by atoms with Crippen molar-refractivity contribution in [2.75, 3.05) is 6.54 Å². The van der Waals surface area contributed by atoms with E-state index in [-0.39, 0.29) is 22.9 Å². The summed E-state index contributed by atoms with van der Waals surface area (Å²) in [5.74, 6) is -0.137. The van der Waals surface area contributed by atoms with Crippen molar-refractivity contribution in [2.24, 2.45) is 0 Å². The van der Waals surface area contributed by atoms with Crippen LogP contribution in [0, 0.1) is 0 Å². The molecule has 1 amide bonds. The number of rotatable bonds is 15. The van der Waals surface area contributed by atoms with Gasteiger partial charge in [0.25, 0.3) is 0 Å². The van der Waals surface area contributed by atoms with Crippen LogP contribution in [0.2, 0.25) is 0 Å². The predicted molar refractivity (Wildman–Crippen MR) is 210 cm³/mol. The van der Waals surface area contributed by atoms with Crippen molar-refractivity contribution in [3.05, 3.63) is 186 Å². The standard InChI is InChI=1S/C43H44B2N4O5.BrH/c1-32(2)43(50)46-15-10-33-6-8-34(9-7-33)22-35-23-36(26-41(25-35)44(51)52)30-48-18-11-39(12-19-48)40-13-20-49(21-14-40)31-38-24-37(27-42(28-38)45(53)54)29-47-16-4-3-5-17-47;/h3-9,11-14,16-21,23-28,51-54H,1,10,15,22,29-31H2,2H3;1H/q+2;. The Morgan fingerprint density at radius 3 is 1.45 bits per heavy atom. The third kappa shape index (κ3) is 11.9. The zero-order chi connectivity index (χ0) is 38.0. The average Bonchev–Trinajstić information content (AvgIpc) is 3.16. The molecule has 0 unspecified atom stereocenters. The molecule has 0 bridgehead atoms. The van der Waals surface area contributed by atoms with Gasteiger partial charge in [0.2, 0.25) is 5.91 Å². The lowest BCUT2D eigenvalue weighted by Gasteiger charge is -2.10. The first-order valence-corrected chi connectivity index (χ1v) is 18.0. The molecule has 9 nitrogen and oxygen atoms in total. The van der Waals surface area contributed by atoms with Crippen LogP contribution in [0.3, 0.4) is 0 Å². The van der Waals surface area contributed by atoms with Gasteiger partial charge in [-0.05, 0) is 70.6 Å². The Hall–Kier alpha value is -5.23. The number of amides is 1. The summed E-state index contributed by atoms with van der Waals surface area (Å²) in [7, 11) is -3.12. The van der Waals surface area contributed by atoms with Gasteiger partial charge in [-0.25, -0.2) is 13.7 Å². The Bertz CT molecular complexity index is 2200. The molecule has 0 aliphatic rings.